The lowest BCUT2D eigenvalue weighted by Gasteiger charge is -2.11. The van der Waals surface area contributed by atoms with Crippen molar-refractivity contribution in [2.45, 2.75) is 25.0 Å². The van der Waals surface area contributed by atoms with Crippen LogP contribution >= 0.6 is 11.6 Å². The first-order valence-electron chi connectivity index (χ1n) is 5.59. The summed E-state index contributed by atoms with van der Waals surface area (Å²) < 4.78 is 31.3. The van der Waals surface area contributed by atoms with E-state index in [1.807, 2.05) is 0 Å². The van der Waals surface area contributed by atoms with Crippen LogP contribution in [0.2, 0.25) is 5.02 Å². The molecule has 9 heteroatoms. The number of hydrogen-bond acceptors (Lipinski definition) is 6. The van der Waals surface area contributed by atoms with E-state index >= 15 is 0 Å². The second-order valence-corrected chi connectivity index (χ2v) is 6.19. The molecule has 2 rings (SSSR count). The summed E-state index contributed by atoms with van der Waals surface area (Å²) >= 11 is 5.86. The predicted molar refractivity (Wildman–Crippen MR) is 70.4 cm³/mol. The number of sulfonamides is 1. The van der Waals surface area contributed by atoms with Gasteiger partial charge in [0.1, 0.15) is 0 Å². The Morgan fingerprint density at radius 2 is 2.20 bits per heavy atom. The molecule has 0 amide bonds. The average Bonchev–Trinajstić information content (AvgIpc) is 2.92. The van der Waals surface area contributed by atoms with E-state index in [2.05, 4.69) is 19.4 Å². The van der Waals surface area contributed by atoms with Crippen LogP contribution in [0, 0.1) is 6.92 Å². The van der Waals surface area contributed by atoms with Gasteiger partial charge < -0.3 is 9.63 Å². The second kappa shape index (κ2) is 5.88. The van der Waals surface area contributed by atoms with Gasteiger partial charge in [0.2, 0.25) is 16.4 Å². The van der Waals surface area contributed by atoms with Crippen LogP contribution in [0.5, 0.6) is 0 Å². The quantitative estimate of drug-likeness (QED) is 0.852. The number of nitrogens with zero attached hydrogens (tertiary/aromatic N) is 2. The summed E-state index contributed by atoms with van der Waals surface area (Å²) in [5.74, 6) is 0.218. The van der Waals surface area contributed by atoms with Crippen molar-refractivity contribution in [1.82, 2.24) is 14.9 Å². The van der Waals surface area contributed by atoms with Gasteiger partial charge >= 0.3 is 0 Å². The molecule has 2 N–H and O–H groups in total. The van der Waals surface area contributed by atoms with E-state index in [-0.39, 0.29) is 28.9 Å². The minimum absolute atomic E-state index is 0.0116. The summed E-state index contributed by atoms with van der Waals surface area (Å²) in [6, 6.07) is 2.85. The molecule has 108 valence electrons. The van der Waals surface area contributed by atoms with Crippen LogP contribution in [0.15, 0.2) is 27.9 Å². The predicted octanol–water partition coefficient (Wildman–Crippen LogP) is 1.00. The molecule has 0 bridgehead atoms. The molecule has 2 aromatic rings. The molecule has 20 heavy (non-hydrogen) atoms. The first-order valence-corrected chi connectivity index (χ1v) is 7.45. The summed E-state index contributed by atoms with van der Waals surface area (Å²) in [7, 11) is -3.79. The topological polar surface area (TPSA) is 105 Å². The third kappa shape index (κ3) is 3.15. The molecule has 0 aliphatic heterocycles. The maximum absolute atomic E-state index is 12.2. The molecule has 1 aromatic carbocycles. The first kappa shape index (κ1) is 14.9. The van der Waals surface area contributed by atoms with Crippen molar-refractivity contribution in [3.8, 4) is 0 Å². The van der Waals surface area contributed by atoms with Crippen LogP contribution in [-0.4, -0.2) is 23.7 Å². The van der Waals surface area contributed by atoms with Gasteiger partial charge in [0.05, 0.1) is 18.0 Å². The van der Waals surface area contributed by atoms with Gasteiger partial charge in [0.15, 0.2) is 5.82 Å². The monoisotopic (exact) mass is 317 g/mol. The molecular weight excluding hydrogens is 306 g/mol. The van der Waals surface area contributed by atoms with E-state index in [1.54, 1.807) is 6.92 Å². The molecule has 1 heterocycles. The molecule has 0 saturated heterocycles. The van der Waals surface area contributed by atoms with Gasteiger partial charge in [0.25, 0.3) is 0 Å². The lowest BCUT2D eigenvalue weighted by molar-refractivity contribution is 0.280. The summed E-state index contributed by atoms with van der Waals surface area (Å²) in [5.41, 5.74) is 0.898. The van der Waals surface area contributed by atoms with E-state index < -0.39 is 10.0 Å². The molecule has 0 saturated carbocycles. The van der Waals surface area contributed by atoms with Gasteiger partial charge in [-0.25, -0.2) is 13.1 Å². The molecule has 0 radical (unpaired) electrons. The Morgan fingerprint density at radius 1 is 1.45 bits per heavy atom. The number of nitrogens with one attached hydrogen (secondary N) is 1. The van der Waals surface area contributed by atoms with Crippen LogP contribution < -0.4 is 4.72 Å². The lowest BCUT2D eigenvalue weighted by atomic mass is 10.1. The molecule has 0 aliphatic carbocycles. The Morgan fingerprint density at radius 3 is 2.80 bits per heavy atom. The fourth-order valence-corrected chi connectivity index (χ4v) is 3.26. The van der Waals surface area contributed by atoms with Gasteiger partial charge in [-0.2, -0.15) is 4.98 Å². The Balaban J connectivity index is 2.31. The van der Waals surface area contributed by atoms with Crippen molar-refractivity contribution in [3.05, 3.63) is 40.5 Å². The highest BCUT2D eigenvalue weighted by Crippen LogP contribution is 2.24. The Labute approximate surface area is 120 Å². The fraction of sp³-hybridized carbons (Fsp3) is 0.273. The highest BCUT2D eigenvalue weighted by Gasteiger charge is 2.20. The van der Waals surface area contributed by atoms with Crippen molar-refractivity contribution in [3.63, 3.8) is 0 Å². The van der Waals surface area contributed by atoms with Gasteiger partial charge in [-0.05, 0) is 30.2 Å². The summed E-state index contributed by atoms with van der Waals surface area (Å²) in [4.78, 5) is 3.73. The van der Waals surface area contributed by atoms with Crippen molar-refractivity contribution in [1.29, 1.82) is 0 Å². The van der Waals surface area contributed by atoms with Gasteiger partial charge in [-0.15, -0.1) is 0 Å². The number of aromatic nitrogens is 2. The fourth-order valence-electron chi connectivity index (χ4n) is 1.66. The zero-order valence-corrected chi connectivity index (χ0v) is 12.1. The number of aliphatic hydroxyl groups excluding tert-OH is 1. The van der Waals surface area contributed by atoms with Gasteiger partial charge in [-0.3, -0.25) is 0 Å². The van der Waals surface area contributed by atoms with E-state index in [0.29, 0.717) is 11.1 Å². The van der Waals surface area contributed by atoms with Crippen LogP contribution in [0.25, 0.3) is 0 Å². The average molecular weight is 318 g/mol. The van der Waals surface area contributed by atoms with E-state index in [4.69, 9.17) is 11.6 Å². The highest BCUT2D eigenvalue weighted by atomic mass is 35.5. The van der Waals surface area contributed by atoms with E-state index in [0.717, 1.165) is 6.39 Å². The van der Waals surface area contributed by atoms with E-state index in [1.165, 1.54) is 12.1 Å². The summed E-state index contributed by atoms with van der Waals surface area (Å²) in [6.07, 6.45) is 1.11. The Kier molecular flexibility index (Phi) is 4.39. The Bertz CT molecular complexity index is 701. The highest BCUT2D eigenvalue weighted by molar-refractivity contribution is 7.89. The van der Waals surface area contributed by atoms with Crippen molar-refractivity contribution in [2.24, 2.45) is 0 Å². The van der Waals surface area contributed by atoms with Crippen LogP contribution in [-0.2, 0) is 23.2 Å². The Hall–Kier alpha value is -1.48. The number of hydrogen-bond donors (Lipinski definition) is 2. The van der Waals surface area contributed by atoms with Crippen molar-refractivity contribution in [2.75, 3.05) is 0 Å². The first-order chi connectivity index (χ1) is 9.44. The van der Waals surface area contributed by atoms with Crippen LogP contribution in [0.4, 0.5) is 0 Å². The molecule has 0 spiro atoms. The third-order valence-electron chi connectivity index (χ3n) is 2.72. The molecule has 1 aromatic heterocycles. The largest absolute Gasteiger partial charge is 0.392 e. The minimum Gasteiger partial charge on any atom is -0.392 e. The number of aliphatic hydroxyl groups is 1. The smallest absolute Gasteiger partial charge is 0.241 e. The standard InChI is InChI=1S/C11H12ClN3O4S/c1-7-8(5-16)2-9(12)3-10(7)20(17,18)14-4-11-13-6-19-15-11/h2-3,6,14,16H,4-5H2,1H3. The maximum atomic E-state index is 12.2. The normalized spacial score (nSPS) is 11.8. The van der Waals surface area contributed by atoms with Crippen molar-refractivity contribution < 1.29 is 18.0 Å². The van der Waals surface area contributed by atoms with Gasteiger partial charge in [-0.1, -0.05) is 16.8 Å². The van der Waals surface area contributed by atoms with Gasteiger partial charge in [0, 0.05) is 5.02 Å². The molecule has 0 unspecified atom stereocenters. The molecule has 7 nitrogen and oxygen atoms in total. The maximum Gasteiger partial charge on any atom is 0.241 e. The second-order valence-electron chi connectivity index (χ2n) is 4.02. The number of rotatable bonds is 5. The SMILES string of the molecule is Cc1c(CO)cc(Cl)cc1S(=O)(=O)NCc1ncon1. The zero-order chi connectivity index (χ0) is 14.8. The lowest BCUT2D eigenvalue weighted by Crippen LogP contribution is -2.25. The molecule has 0 atom stereocenters. The molecule has 0 fully saturated rings. The van der Waals surface area contributed by atoms with Crippen LogP contribution in [0.1, 0.15) is 17.0 Å². The summed E-state index contributed by atoms with van der Waals surface area (Å²) in [6.45, 7) is 1.21. The molecular formula is C11H12ClN3O4S. The number of halogens is 1. The van der Waals surface area contributed by atoms with Crippen LogP contribution in [0.3, 0.4) is 0 Å². The third-order valence-corrected chi connectivity index (χ3v) is 4.47. The van der Waals surface area contributed by atoms with E-state index in [9.17, 15) is 13.5 Å². The summed E-state index contributed by atoms with van der Waals surface area (Å²) in [5, 5.41) is 13.0. The number of benzene rings is 1. The zero-order valence-electron chi connectivity index (χ0n) is 10.5. The van der Waals surface area contributed by atoms with Crippen molar-refractivity contribution >= 4 is 21.6 Å². The molecule has 0 aliphatic rings. The minimum atomic E-state index is -3.79.